The van der Waals surface area contributed by atoms with Crippen molar-refractivity contribution in [2.24, 2.45) is 0 Å². The molecule has 3 aromatic carbocycles. The third-order valence-electron chi connectivity index (χ3n) is 5.04. The number of phenolic OH excluding ortho intramolecular Hbond substituents is 1. The minimum absolute atomic E-state index is 0.0398. The van der Waals surface area contributed by atoms with Gasteiger partial charge in [0.05, 0.1) is 0 Å². The Balaban J connectivity index is 1.79. The molecule has 3 rings (SSSR count). The lowest BCUT2D eigenvalue weighted by Gasteiger charge is -2.28. The lowest BCUT2D eigenvalue weighted by atomic mass is 10.0. The zero-order chi connectivity index (χ0) is 24.9. The van der Waals surface area contributed by atoms with E-state index >= 15 is 0 Å². The van der Waals surface area contributed by atoms with Gasteiger partial charge in [0.2, 0.25) is 5.91 Å². The highest BCUT2D eigenvalue weighted by Crippen LogP contribution is 2.25. The molecular weight excluding hydrogens is 434 g/mol. The lowest BCUT2D eigenvalue weighted by Crippen LogP contribution is -2.44. The predicted octanol–water partition coefficient (Wildman–Crippen LogP) is 4.21. The number of nitrogens with zero attached hydrogens (tertiary/aromatic N) is 1. The Morgan fingerprint density at radius 1 is 0.971 bits per heavy atom. The van der Waals surface area contributed by atoms with Crippen molar-refractivity contribution in [2.45, 2.75) is 32.4 Å². The first-order valence-corrected chi connectivity index (χ1v) is 10.8. The summed E-state index contributed by atoms with van der Waals surface area (Å²) in [6.45, 7) is 4.82. The van der Waals surface area contributed by atoms with E-state index in [-0.39, 0.29) is 12.3 Å². The zero-order valence-corrected chi connectivity index (χ0v) is 19.7. The fraction of sp³-hybridized carbons (Fsp3) is 0.269. The molecule has 1 unspecified atom stereocenters. The molecule has 3 N–H and O–H groups in total. The minimum Gasteiger partial charge on any atom is -0.508 e. The number of benzene rings is 3. The molecule has 3 aromatic rings. The van der Waals surface area contributed by atoms with Gasteiger partial charge in [0.15, 0.2) is 0 Å². The Hall–Kier alpha value is -4.07. The molecule has 0 saturated heterocycles. The number of rotatable bonds is 6. The summed E-state index contributed by atoms with van der Waals surface area (Å²) in [6, 6.07) is 18.4. The summed E-state index contributed by atoms with van der Waals surface area (Å²) in [5, 5.41) is 17.0. The maximum Gasteiger partial charge on any atom is 0.408 e. The molecule has 0 fully saturated rings. The normalized spacial score (nSPS) is 12.0. The zero-order valence-electron chi connectivity index (χ0n) is 19.7. The van der Waals surface area contributed by atoms with Crippen LogP contribution in [0.4, 0.5) is 10.5 Å². The fourth-order valence-corrected chi connectivity index (χ4v) is 3.42. The Labute approximate surface area is 198 Å². The van der Waals surface area contributed by atoms with Crippen LogP contribution >= 0.6 is 0 Å². The van der Waals surface area contributed by atoms with Crippen LogP contribution in [0, 0.1) is 0 Å². The molecule has 8 nitrogen and oxygen atoms in total. The molecule has 0 heterocycles. The summed E-state index contributed by atoms with van der Waals surface area (Å²) in [5.41, 5.74) is 0.386. The molecular formula is C26H29N3O5. The highest BCUT2D eigenvalue weighted by atomic mass is 16.6. The van der Waals surface area contributed by atoms with E-state index in [4.69, 9.17) is 4.74 Å². The number of amides is 3. The molecule has 8 heteroatoms. The van der Waals surface area contributed by atoms with Gasteiger partial charge in [0, 0.05) is 12.7 Å². The van der Waals surface area contributed by atoms with Gasteiger partial charge in [-0.3, -0.25) is 9.59 Å². The van der Waals surface area contributed by atoms with E-state index in [9.17, 15) is 19.5 Å². The second-order valence-corrected chi connectivity index (χ2v) is 8.91. The lowest BCUT2D eigenvalue weighted by molar-refractivity contribution is -0.136. The molecule has 3 amide bonds. The summed E-state index contributed by atoms with van der Waals surface area (Å²) in [6.07, 6.45) is -0.726. The van der Waals surface area contributed by atoms with Crippen molar-refractivity contribution in [1.82, 2.24) is 10.2 Å². The molecule has 0 saturated carbocycles. The molecule has 0 aliphatic heterocycles. The maximum atomic E-state index is 13.3. The van der Waals surface area contributed by atoms with Gasteiger partial charge in [-0.1, -0.05) is 42.5 Å². The van der Waals surface area contributed by atoms with Crippen LogP contribution in [0.25, 0.3) is 10.8 Å². The van der Waals surface area contributed by atoms with Gasteiger partial charge in [-0.2, -0.15) is 0 Å². The quantitative estimate of drug-likeness (QED) is 0.508. The second kappa shape index (κ2) is 10.2. The summed E-state index contributed by atoms with van der Waals surface area (Å²) in [4.78, 5) is 39.4. The average molecular weight is 464 g/mol. The Bertz CT molecular complexity index is 1190. The molecule has 0 aliphatic rings. The number of aromatic hydroxyl groups is 1. The number of nitrogens with one attached hydrogen (secondary N) is 2. The van der Waals surface area contributed by atoms with E-state index in [1.807, 2.05) is 36.4 Å². The first-order chi connectivity index (χ1) is 16.0. The van der Waals surface area contributed by atoms with Gasteiger partial charge < -0.3 is 25.4 Å². The van der Waals surface area contributed by atoms with Crippen LogP contribution in [0.5, 0.6) is 5.75 Å². The van der Waals surface area contributed by atoms with Crippen LogP contribution in [0.15, 0.2) is 66.7 Å². The largest absolute Gasteiger partial charge is 0.508 e. The van der Waals surface area contributed by atoms with Gasteiger partial charge in [-0.05, 0) is 61.4 Å². The van der Waals surface area contributed by atoms with Crippen LogP contribution in [0.2, 0.25) is 0 Å². The van der Waals surface area contributed by atoms with E-state index in [2.05, 4.69) is 10.6 Å². The summed E-state index contributed by atoms with van der Waals surface area (Å²) in [5.74, 6) is -0.885. The predicted molar refractivity (Wildman–Crippen MR) is 130 cm³/mol. The highest BCUT2D eigenvalue weighted by molar-refractivity contribution is 6.00. The smallest absolute Gasteiger partial charge is 0.408 e. The second-order valence-electron chi connectivity index (χ2n) is 8.91. The third kappa shape index (κ3) is 6.48. The number of fused-ring (bicyclic) bond motifs is 1. The van der Waals surface area contributed by atoms with Gasteiger partial charge in [0.25, 0.3) is 5.91 Å². The topological polar surface area (TPSA) is 108 Å². The molecule has 0 bridgehead atoms. The Morgan fingerprint density at radius 2 is 1.62 bits per heavy atom. The molecule has 34 heavy (non-hydrogen) atoms. The number of phenols is 1. The van der Waals surface area contributed by atoms with Crippen molar-refractivity contribution in [1.29, 1.82) is 0 Å². The molecule has 1 atom stereocenters. The van der Waals surface area contributed by atoms with Crippen LogP contribution in [0.3, 0.4) is 0 Å². The number of alkyl carbamates (subject to hydrolysis) is 1. The van der Waals surface area contributed by atoms with E-state index in [1.54, 1.807) is 39.0 Å². The summed E-state index contributed by atoms with van der Waals surface area (Å²) >= 11 is 0. The van der Waals surface area contributed by atoms with Crippen LogP contribution in [0.1, 0.15) is 32.4 Å². The van der Waals surface area contributed by atoms with E-state index in [0.717, 1.165) is 10.8 Å². The number of carbonyl (C=O) groups is 3. The summed E-state index contributed by atoms with van der Waals surface area (Å²) < 4.78 is 5.16. The molecule has 0 aromatic heterocycles. The monoisotopic (exact) mass is 463 g/mol. The number of carbonyl (C=O) groups excluding carboxylic acids is 3. The molecule has 178 valence electrons. The fourth-order valence-electron chi connectivity index (χ4n) is 3.42. The Kier molecular flexibility index (Phi) is 7.40. The molecule has 0 aliphatic carbocycles. The molecule has 0 radical (unpaired) electrons. The van der Waals surface area contributed by atoms with Crippen LogP contribution in [-0.4, -0.2) is 47.1 Å². The van der Waals surface area contributed by atoms with E-state index in [0.29, 0.717) is 11.3 Å². The van der Waals surface area contributed by atoms with E-state index < -0.39 is 29.6 Å². The standard InChI is InChI=1S/C26H29N3O5/c1-26(2,3)34-25(33)27-16-22(31)29(4)23(18-10-13-21(30)14-11-18)24(32)28-20-12-9-17-7-5-6-8-19(17)15-20/h5-15,23,30H,16H2,1-4H3,(H,27,33)(H,28,32). The SMILES string of the molecule is CN(C(=O)CNC(=O)OC(C)(C)C)C(C(=O)Nc1ccc2ccccc2c1)c1ccc(O)cc1. The van der Waals surface area contributed by atoms with E-state index in [1.165, 1.54) is 24.1 Å². The number of hydrogen-bond donors (Lipinski definition) is 3. The maximum absolute atomic E-state index is 13.3. The first-order valence-electron chi connectivity index (χ1n) is 10.8. The number of anilines is 1. The van der Waals surface area contributed by atoms with Crippen LogP contribution in [-0.2, 0) is 14.3 Å². The third-order valence-corrected chi connectivity index (χ3v) is 5.04. The first kappa shape index (κ1) is 24.6. The van der Waals surface area contributed by atoms with Gasteiger partial charge in [-0.15, -0.1) is 0 Å². The Morgan fingerprint density at radius 3 is 2.26 bits per heavy atom. The average Bonchev–Trinajstić information content (AvgIpc) is 2.77. The molecule has 0 spiro atoms. The number of ether oxygens (including phenoxy) is 1. The van der Waals surface area contributed by atoms with Crippen molar-refractivity contribution >= 4 is 34.4 Å². The van der Waals surface area contributed by atoms with Crippen molar-refractivity contribution in [3.63, 3.8) is 0 Å². The van der Waals surface area contributed by atoms with Crippen molar-refractivity contribution in [2.75, 3.05) is 18.9 Å². The van der Waals surface area contributed by atoms with Gasteiger partial charge in [0.1, 0.15) is 23.9 Å². The minimum atomic E-state index is -1.000. The van der Waals surface area contributed by atoms with Crippen molar-refractivity contribution < 1.29 is 24.2 Å². The van der Waals surface area contributed by atoms with Gasteiger partial charge >= 0.3 is 6.09 Å². The summed E-state index contributed by atoms with van der Waals surface area (Å²) in [7, 11) is 1.48. The number of likely N-dealkylation sites (N-methyl/N-ethyl adjacent to an activating group) is 1. The van der Waals surface area contributed by atoms with Crippen molar-refractivity contribution in [3.8, 4) is 5.75 Å². The number of hydrogen-bond acceptors (Lipinski definition) is 5. The highest BCUT2D eigenvalue weighted by Gasteiger charge is 2.29. The van der Waals surface area contributed by atoms with Gasteiger partial charge in [-0.25, -0.2) is 4.79 Å². The van der Waals surface area contributed by atoms with Crippen molar-refractivity contribution in [3.05, 3.63) is 72.3 Å². The van der Waals surface area contributed by atoms with Crippen LogP contribution < -0.4 is 10.6 Å².